The zero-order valence-corrected chi connectivity index (χ0v) is 11.7. The van der Waals surface area contributed by atoms with E-state index in [1.165, 1.54) is 18.4 Å². The summed E-state index contributed by atoms with van der Waals surface area (Å²) in [5.74, 6) is 0. The number of thiophene rings is 1. The van der Waals surface area contributed by atoms with Crippen molar-refractivity contribution in [2.75, 3.05) is 0 Å². The van der Waals surface area contributed by atoms with Crippen molar-refractivity contribution in [1.82, 2.24) is 9.78 Å². The third-order valence-corrected chi connectivity index (χ3v) is 4.23. The standard InChI is InChI=1S/C15H16N2OS/c1-2-3-6-11-9-14(19-10-11)17-15(18)12-7-4-5-8-13(12)16-17/h4-5,7-10,16H,2-3,6H2,1H3. The first kappa shape index (κ1) is 12.2. The maximum Gasteiger partial charge on any atom is 0.279 e. The van der Waals surface area contributed by atoms with Gasteiger partial charge in [-0.05, 0) is 42.0 Å². The van der Waals surface area contributed by atoms with E-state index in [1.54, 1.807) is 16.0 Å². The van der Waals surface area contributed by atoms with Crippen molar-refractivity contribution in [3.05, 3.63) is 51.6 Å². The number of nitrogens with zero attached hydrogens (tertiary/aromatic N) is 1. The molecule has 0 aliphatic heterocycles. The largest absolute Gasteiger partial charge is 0.290 e. The summed E-state index contributed by atoms with van der Waals surface area (Å²) in [5, 5.41) is 7.01. The number of para-hydroxylation sites is 1. The van der Waals surface area contributed by atoms with E-state index in [1.807, 2.05) is 24.3 Å². The number of unbranched alkanes of at least 4 members (excludes halogenated alkanes) is 1. The Hall–Kier alpha value is -1.81. The van der Waals surface area contributed by atoms with Crippen LogP contribution in [0.25, 0.3) is 15.9 Å². The molecule has 2 aromatic heterocycles. The van der Waals surface area contributed by atoms with Gasteiger partial charge in [0.05, 0.1) is 10.9 Å². The Balaban J connectivity index is 2.02. The van der Waals surface area contributed by atoms with E-state index in [2.05, 4.69) is 23.5 Å². The summed E-state index contributed by atoms with van der Waals surface area (Å²) in [7, 11) is 0. The molecule has 0 unspecified atom stereocenters. The number of rotatable bonds is 4. The maximum atomic E-state index is 12.3. The van der Waals surface area contributed by atoms with Gasteiger partial charge in [0.15, 0.2) is 0 Å². The molecule has 3 aromatic rings. The van der Waals surface area contributed by atoms with Gasteiger partial charge < -0.3 is 0 Å². The Morgan fingerprint density at radius 2 is 2.16 bits per heavy atom. The van der Waals surface area contributed by atoms with Gasteiger partial charge in [-0.25, -0.2) is 4.68 Å². The zero-order valence-electron chi connectivity index (χ0n) is 10.8. The van der Waals surface area contributed by atoms with Gasteiger partial charge in [-0.15, -0.1) is 11.3 Å². The number of hydrogen-bond donors (Lipinski definition) is 1. The molecule has 0 fully saturated rings. The highest BCUT2D eigenvalue weighted by Crippen LogP contribution is 2.20. The van der Waals surface area contributed by atoms with Crippen LogP contribution in [0.1, 0.15) is 25.3 Å². The average Bonchev–Trinajstić information content (AvgIpc) is 3.02. The molecule has 2 heterocycles. The highest BCUT2D eigenvalue weighted by Gasteiger charge is 2.09. The molecular formula is C15H16N2OS. The molecule has 0 saturated carbocycles. The molecule has 19 heavy (non-hydrogen) atoms. The van der Waals surface area contributed by atoms with Gasteiger partial charge in [-0.1, -0.05) is 25.5 Å². The Bertz CT molecular complexity index is 751. The van der Waals surface area contributed by atoms with Crippen LogP contribution in [0.15, 0.2) is 40.5 Å². The van der Waals surface area contributed by atoms with Crippen LogP contribution in [-0.2, 0) is 6.42 Å². The van der Waals surface area contributed by atoms with Crippen molar-refractivity contribution in [2.24, 2.45) is 0 Å². The Morgan fingerprint density at radius 3 is 2.95 bits per heavy atom. The Kier molecular flexibility index (Phi) is 3.25. The normalized spacial score (nSPS) is 11.2. The third kappa shape index (κ3) is 2.24. The molecule has 1 aromatic carbocycles. The molecule has 0 radical (unpaired) electrons. The lowest BCUT2D eigenvalue weighted by Gasteiger charge is -1.95. The molecule has 3 nitrogen and oxygen atoms in total. The second-order valence-corrected chi connectivity index (χ2v) is 5.58. The van der Waals surface area contributed by atoms with Gasteiger partial charge in [0.2, 0.25) is 0 Å². The minimum Gasteiger partial charge on any atom is -0.290 e. The number of H-pyrrole nitrogens is 1. The lowest BCUT2D eigenvalue weighted by atomic mass is 10.1. The van der Waals surface area contributed by atoms with Crippen LogP contribution in [0, 0.1) is 0 Å². The van der Waals surface area contributed by atoms with Crippen molar-refractivity contribution in [2.45, 2.75) is 26.2 Å². The first-order valence-corrected chi connectivity index (χ1v) is 7.45. The second-order valence-electron chi connectivity index (χ2n) is 4.69. The maximum absolute atomic E-state index is 12.3. The predicted octanol–water partition coefficient (Wildman–Crippen LogP) is 3.72. The summed E-state index contributed by atoms with van der Waals surface area (Å²) >= 11 is 1.61. The summed E-state index contributed by atoms with van der Waals surface area (Å²) in [6, 6.07) is 9.72. The molecule has 0 spiro atoms. The van der Waals surface area contributed by atoms with Crippen LogP contribution in [0.3, 0.4) is 0 Å². The molecule has 1 N–H and O–H groups in total. The SMILES string of the molecule is CCCCc1csc(-n2[nH]c3ccccc3c2=O)c1. The quantitative estimate of drug-likeness (QED) is 0.772. The number of aromatic amines is 1. The van der Waals surface area contributed by atoms with Crippen molar-refractivity contribution >= 4 is 22.2 Å². The lowest BCUT2D eigenvalue weighted by Crippen LogP contribution is -2.12. The molecule has 4 heteroatoms. The molecule has 0 saturated heterocycles. The lowest BCUT2D eigenvalue weighted by molar-refractivity contribution is 0.795. The van der Waals surface area contributed by atoms with Crippen LogP contribution < -0.4 is 5.56 Å². The number of hydrogen-bond acceptors (Lipinski definition) is 2. The van der Waals surface area contributed by atoms with Crippen LogP contribution >= 0.6 is 11.3 Å². The highest BCUT2D eigenvalue weighted by atomic mass is 32.1. The Labute approximate surface area is 115 Å². The minimum atomic E-state index is 0.0273. The van der Waals surface area contributed by atoms with E-state index < -0.39 is 0 Å². The monoisotopic (exact) mass is 272 g/mol. The van der Waals surface area contributed by atoms with Gasteiger partial charge in [-0.3, -0.25) is 9.89 Å². The summed E-state index contributed by atoms with van der Waals surface area (Å²) in [4.78, 5) is 12.3. The first-order chi connectivity index (χ1) is 9.29. The molecule has 98 valence electrons. The molecule has 0 aliphatic rings. The molecule has 0 bridgehead atoms. The van der Waals surface area contributed by atoms with Crippen LogP contribution in [-0.4, -0.2) is 9.78 Å². The molecule has 3 rings (SSSR count). The van der Waals surface area contributed by atoms with E-state index in [9.17, 15) is 4.79 Å². The molecule has 0 aliphatic carbocycles. The summed E-state index contributed by atoms with van der Waals surface area (Å²) in [5.41, 5.74) is 2.22. The van der Waals surface area contributed by atoms with Crippen LogP contribution in [0.4, 0.5) is 0 Å². The summed E-state index contributed by atoms with van der Waals surface area (Å²) in [6.07, 6.45) is 3.47. The van der Waals surface area contributed by atoms with Gasteiger partial charge in [0.1, 0.15) is 5.00 Å². The average molecular weight is 272 g/mol. The highest BCUT2D eigenvalue weighted by molar-refractivity contribution is 7.12. The fourth-order valence-electron chi connectivity index (χ4n) is 2.21. The number of benzene rings is 1. The minimum absolute atomic E-state index is 0.0273. The molecular weight excluding hydrogens is 256 g/mol. The first-order valence-electron chi connectivity index (χ1n) is 6.57. The molecule has 0 atom stereocenters. The number of nitrogens with one attached hydrogen (secondary N) is 1. The number of fused-ring (bicyclic) bond motifs is 1. The van der Waals surface area contributed by atoms with Crippen molar-refractivity contribution in [1.29, 1.82) is 0 Å². The van der Waals surface area contributed by atoms with E-state index in [0.717, 1.165) is 22.3 Å². The van der Waals surface area contributed by atoms with Crippen molar-refractivity contribution in [3.8, 4) is 5.00 Å². The number of aromatic nitrogens is 2. The fourth-order valence-corrected chi connectivity index (χ4v) is 3.12. The topological polar surface area (TPSA) is 37.8 Å². The predicted molar refractivity (Wildman–Crippen MR) is 80.4 cm³/mol. The van der Waals surface area contributed by atoms with Crippen molar-refractivity contribution < 1.29 is 0 Å². The zero-order chi connectivity index (χ0) is 13.2. The second kappa shape index (κ2) is 5.05. The van der Waals surface area contributed by atoms with E-state index >= 15 is 0 Å². The summed E-state index contributed by atoms with van der Waals surface area (Å²) < 4.78 is 1.64. The van der Waals surface area contributed by atoms with Crippen LogP contribution in [0.2, 0.25) is 0 Å². The van der Waals surface area contributed by atoms with Gasteiger partial charge in [0, 0.05) is 0 Å². The van der Waals surface area contributed by atoms with Gasteiger partial charge in [-0.2, -0.15) is 0 Å². The Morgan fingerprint density at radius 1 is 1.32 bits per heavy atom. The van der Waals surface area contributed by atoms with Crippen LogP contribution in [0.5, 0.6) is 0 Å². The third-order valence-electron chi connectivity index (χ3n) is 3.27. The van der Waals surface area contributed by atoms with E-state index in [0.29, 0.717) is 0 Å². The van der Waals surface area contributed by atoms with E-state index in [4.69, 9.17) is 0 Å². The fraction of sp³-hybridized carbons (Fsp3) is 0.267. The molecule has 0 amide bonds. The van der Waals surface area contributed by atoms with E-state index in [-0.39, 0.29) is 5.56 Å². The number of aryl methyl sites for hydroxylation is 1. The van der Waals surface area contributed by atoms with Crippen molar-refractivity contribution in [3.63, 3.8) is 0 Å². The smallest absolute Gasteiger partial charge is 0.279 e. The summed E-state index contributed by atoms with van der Waals surface area (Å²) in [6.45, 7) is 2.19. The van der Waals surface area contributed by atoms with Gasteiger partial charge >= 0.3 is 0 Å². The van der Waals surface area contributed by atoms with Gasteiger partial charge in [0.25, 0.3) is 5.56 Å².